The van der Waals surface area contributed by atoms with Crippen molar-refractivity contribution >= 4 is 27.8 Å². The van der Waals surface area contributed by atoms with Crippen LogP contribution < -0.4 is 5.32 Å². The summed E-state index contributed by atoms with van der Waals surface area (Å²) < 4.78 is 2.01. The Bertz CT molecular complexity index is 1290. The third kappa shape index (κ3) is 4.14. The fourth-order valence-corrected chi connectivity index (χ4v) is 4.54. The summed E-state index contributed by atoms with van der Waals surface area (Å²) in [4.78, 5) is 20.7. The average molecular weight is 432 g/mol. The third-order valence-electron chi connectivity index (χ3n) is 6.20. The number of carbonyl (C=O) groups is 1. The molecule has 0 aliphatic heterocycles. The van der Waals surface area contributed by atoms with Gasteiger partial charge in [0.1, 0.15) is 0 Å². The van der Waals surface area contributed by atoms with E-state index in [0.29, 0.717) is 19.4 Å². The van der Waals surface area contributed by atoms with Crippen molar-refractivity contribution in [2.24, 2.45) is 0 Å². The van der Waals surface area contributed by atoms with E-state index in [0.717, 1.165) is 39.9 Å². The molecule has 6 nitrogen and oxygen atoms in total. The Morgan fingerprint density at radius 3 is 2.59 bits per heavy atom. The van der Waals surface area contributed by atoms with Gasteiger partial charge in [0.05, 0.1) is 11.2 Å². The van der Waals surface area contributed by atoms with Crippen LogP contribution in [0.15, 0.2) is 30.5 Å². The summed E-state index contributed by atoms with van der Waals surface area (Å²) in [5.41, 5.74) is 7.47. The van der Waals surface area contributed by atoms with E-state index in [1.807, 2.05) is 36.9 Å². The summed E-state index contributed by atoms with van der Waals surface area (Å²) in [7, 11) is 0. The highest BCUT2D eigenvalue weighted by Gasteiger charge is 2.23. The maximum absolute atomic E-state index is 12.5. The highest BCUT2D eigenvalue weighted by Crippen LogP contribution is 2.29. The van der Waals surface area contributed by atoms with Crippen molar-refractivity contribution in [1.29, 1.82) is 0 Å². The normalized spacial score (nSPS) is 12.1. The van der Waals surface area contributed by atoms with E-state index < -0.39 is 0 Å². The zero-order valence-corrected chi connectivity index (χ0v) is 20.0. The number of hydrogen-bond acceptors (Lipinski definition) is 3. The number of pyridine rings is 1. The maximum atomic E-state index is 12.5. The SMILES string of the molecule is Cc1nc2c(c(C)nn2C(C)(C)C)c(C)c1CCC(=O)NCCc1c[nH]c2ccccc12. The lowest BCUT2D eigenvalue weighted by Crippen LogP contribution is -2.26. The first-order chi connectivity index (χ1) is 15.2. The Morgan fingerprint density at radius 2 is 1.84 bits per heavy atom. The Balaban J connectivity index is 1.42. The molecule has 3 heterocycles. The van der Waals surface area contributed by atoms with Gasteiger partial charge in [0, 0.05) is 41.1 Å². The topological polar surface area (TPSA) is 75.6 Å². The van der Waals surface area contributed by atoms with E-state index in [2.05, 4.69) is 50.1 Å². The van der Waals surface area contributed by atoms with Gasteiger partial charge >= 0.3 is 0 Å². The number of aromatic nitrogens is 4. The monoisotopic (exact) mass is 431 g/mol. The number of rotatable bonds is 6. The van der Waals surface area contributed by atoms with E-state index >= 15 is 0 Å². The second-order valence-corrected chi connectivity index (χ2v) is 9.63. The lowest BCUT2D eigenvalue weighted by Gasteiger charge is -2.20. The van der Waals surface area contributed by atoms with Gasteiger partial charge in [-0.1, -0.05) is 18.2 Å². The molecule has 1 aromatic carbocycles. The first kappa shape index (κ1) is 22.1. The summed E-state index contributed by atoms with van der Waals surface area (Å²) in [5.74, 6) is 0.0749. The third-order valence-corrected chi connectivity index (χ3v) is 6.20. The quantitative estimate of drug-likeness (QED) is 0.457. The molecule has 4 aromatic rings. The van der Waals surface area contributed by atoms with Crippen LogP contribution in [0, 0.1) is 20.8 Å². The first-order valence-corrected chi connectivity index (χ1v) is 11.3. The van der Waals surface area contributed by atoms with Gasteiger partial charge in [0.2, 0.25) is 5.91 Å². The summed E-state index contributed by atoms with van der Waals surface area (Å²) >= 11 is 0. The molecule has 0 radical (unpaired) electrons. The van der Waals surface area contributed by atoms with Gasteiger partial charge < -0.3 is 10.3 Å². The molecule has 3 aromatic heterocycles. The number of amides is 1. The molecular formula is C26H33N5O. The van der Waals surface area contributed by atoms with E-state index in [1.54, 1.807) is 0 Å². The average Bonchev–Trinajstić information content (AvgIpc) is 3.29. The molecule has 2 N–H and O–H groups in total. The number of benzene rings is 1. The molecule has 0 saturated heterocycles. The zero-order valence-electron chi connectivity index (χ0n) is 20.0. The van der Waals surface area contributed by atoms with Gasteiger partial charge in [0.25, 0.3) is 0 Å². The number of hydrogen-bond donors (Lipinski definition) is 2. The predicted octanol–water partition coefficient (Wildman–Crippen LogP) is 4.88. The van der Waals surface area contributed by atoms with Crippen LogP contribution in [0.25, 0.3) is 21.9 Å². The molecule has 0 aliphatic carbocycles. The maximum Gasteiger partial charge on any atom is 0.220 e. The number of aryl methyl sites for hydroxylation is 3. The molecule has 32 heavy (non-hydrogen) atoms. The lowest BCUT2D eigenvalue weighted by molar-refractivity contribution is -0.121. The number of H-pyrrole nitrogens is 1. The van der Waals surface area contributed by atoms with Gasteiger partial charge in [-0.15, -0.1) is 0 Å². The fourth-order valence-electron chi connectivity index (χ4n) is 4.54. The van der Waals surface area contributed by atoms with Crippen LogP contribution in [-0.4, -0.2) is 32.2 Å². The van der Waals surface area contributed by atoms with Crippen molar-refractivity contribution in [2.45, 2.75) is 66.3 Å². The Hall–Kier alpha value is -3.15. The summed E-state index contributed by atoms with van der Waals surface area (Å²) in [5, 5.41) is 10.2. The Labute approximate surface area is 189 Å². The number of para-hydroxylation sites is 1. The molecule has 0 unspecified atom stereocenters. The van der Waals surface area contributed by atoms with Crippen molar-refractivity contribution < 1.29 is 4.79 Å². The fraction of sp³-hybridized carbons (Fsp3) is 0.423. The molecule has 0 bridgehead atoms. The molecule has 6 heteroatoms. The minimum absolute atomic E-state index is 0.0749. The molecule has 0 aliphatic rings. The highest BCUT2D eigenvalue weighted by molar-refractivity contribution is 5.85. The predicted molar refractivity (Wildman–Crippen MR) is 130 cm³/mol. The van der Waals surface area contributed by atoms with E-state index in [9.17, 15) is 4.79 Å². The second-order valence-electron chi connectivity index (χ2n) is 9.63. The minimum Gasteiger partial charge on any atom is -0.361 e. The molecule has 1 amide bonds. The molecule has 168 valence electrons. The van der Waals surface area contributed by atoms with Gasteiger partial charge in [-0.2, -0.15) is 5.10 Å². The summed E-state index contributed by atoms with van der Waals surface area (Å²) in [6.45, 7) is 13.2. The van der Waals surface area contributed by atoms with E-state index in [-0.39, 0.29) is 11.4 Å². The van der Waals surface area contributed by atoms with Crippen molar-refractivity contribution in [3.8, 4) is 0 Å². The molecule has 4 rings (SSSR count). The van der Waals surface area contributed by atoms with Gasteiger partial charge in [-0.25, -0.2) is 9.67 Å². The van der Waals surface area contributed by atoms with Gasteiger partial charge in [0.15, 0.2) is 5.65 Å². The Morgan fingerprint density at radius 1 is 1.09 bits per heavy atom. The largest absolute Gasteiger partial charge is 0.361 e. The molecule has 0 fully saturated rings. The lowest BCUT2D eigenvalue weighted by atomic mass is 9.99. The number of fused-ring (bicyclic) bond motifs is 2. The zero-order chi connectivity index (χ0) is 23.0. The van der Waals surface area contributed by atoms with Crippen LogP contribution >= 0.6 is 0 Å². The van der Waals surface area contributed by atoms with Crippen LogP contribution in [0.5, 0.6) is 0 Å². The number of nitrogens with one attached hydrogen (secondary N) is 2. The summed E-state index contributed by atoms with van der Waals surface area (Å²) in [6, 6.07) is 8.25. The molecular weight excluding hydrogens is 398 g/mol. The molecule has 0 saturated carbocycles. The second kappa shape index (κ2) is 8.41. The number of aromatic amines is 1. The van der Waals surface area contributed by atoms with Crippen molar-refractivity contribution in [3.05, 3.63) is 58.5 Å². The standard InChI is InChI=1S/C26H33N5O/c1-16-20(17(2)29-25-24(16)18(3)30-31(25)26(4,5)6)11-12-23(32)27-14-13-19-15-28-22-10-8-7-9-21(19)22/h7-10,15,28H,11-14H2,1-6H3,(H,27,32). The summed E-state index contributed by atoms with van der Waals surface area (Å²) in [6.07, 6.45) is 3.98. The van der Waals surface area contributed by atoms with Crippen molar-refractivity contribution in [3.63, 3.8) is 0 Å². The number of carbonyl (C=O) groups excluding carboxylic acids is 1. The van der Waals surface area contributed by atoms with Gasteiger partial charge in [-0.05, 0) is 77.1 Å². The van der Waals surface area contributed by atoms with E-state index in [4.69, 9.17) is 10.1 Å². The highest BCUT2D eigenvalue weighted by atomic mass is 16.1. The first-order valence-electron chi connectivity index (χ1n) is 11.3. The van der Waals surface area contributed by atoms with Crippen LogP contribution in [-0.2, 0) is 23.2 Å². The minimum atomic E-state index is -0.134. The van der Waals surface area contributed by atoms with Crippen LogP contribution in [0.4, 0.5) is 0 Å². The van der Waals surface area contributed by atoms with Gasteiger partial charge in [-0.3, -0.25) is 4.79 Å². The molecule has 0 spiro atoms. The number of nitrogens with zero attached hydrogens (tertiary/aromatic N) is 3. The van der Waals surface area contributed by atoms with Crippen LogP contribution in [0.2, 0.25) is 0 Å². The van der Waals surface area contributed by atoms with Crippen LogP contribution in [0.3, 0.4) is 0 Å². The van der Waals surface area contributed by atoms with Crippen LogP contribution in [0.1, 0.15) is 55.3 Å². The smallest absolute Gasteiger partial charge is 0.220 e. The van der Waals surface area contributed by atoms with E-state index in [1.165, 1.54) is 16.5 Å². The van der Waals surface area contributed by atoms with Crippen molar-refractivity contribution in [1.82, 2.24) is 25.1 Å². The Kier molecular flexibility index (Phi) is 5.80. The molecule has 0 atom stereocenters. The van der Waals surface area contributed by atoms with Crippen molar-refractivity contribution in [2.75, 3.05) is 6.54 Å².